The minimum absolute atomic E-state index is 0.0135. The van der Waals surface area contributed by atoms with Crippen LogP contribution < -0.4 is 21.1 Å². The molecular weight excluding hydrogens is 420 g/mol. The molecule has 4 rings (SSSR count). The number of methoxy groups -OCH3 is 1. The van der Waals surface area contributed by atoms with Crippen molar-refractivity contribution < 1.29 is 18.3 Å². The van der Waals surface area contributed by atoms with E-state index in [0.29, 0.717) is 11.4 Å². The number of ether oxygens (including phenoxy) is 1. The number of amides is 1. The molecule has 0 unspecified atom stereocenters. The van der Waals surface area contributed by atoms with Gasteiger partial charge in [0.15, 0.2) is 11.5 Å². The predicted octanol–water partition coefficient (Wildman–Crippen LogP) is 2.73. The number of fused-ring (bicyclic) bond motifs is 1. The standard InChI is InChI=1S/C21H21F2N7O2/c1-30-7-6-11-8-15(16(32-2)9-12(11)10-30)25-21-27-20(18(19(24)31)28-29-21)26-17-13(22)4-3-5-14(17)23/h3-5,8-9H,6-7,10H2,1-2H3,(H2,24,31)(H2,25,26,27,29). The van der Waals surface area contributed by atoms with Crippen LogP contribution in [0.15, 0.2) is 30.3 Å². The maximum atomic E-state index is 14.1. The summed E-state index contributed by atoms with van der Waals surface area (Å²) in [7, 11) is 3.59. The third-order valence-corrected chi connectivity index (χ3v) is 5.10. The number of hydrogen-bond donors (Lipinski definition) is 3. The zero-order valence-electron chi connectivity index (χ0n) is 17.4. The van der Waals surface area contributed by atoms with Crippen LogP contribution in [0.1, 0.15) is 21.6 Å². The Morgan fingerprint density at radius 3 is 2.59 bits per heavy atom. The molecule has 1 aliphatic heterocycles. The van der Waals surface area contributed by atoms with Crippen LogP contribution in [0.25, 0.3) is 0 Å². The Bertz CT molecular complexity index is 1170. The van der Waals surface area contributed by atoms with Crippen molar-refractivity contribution in [2.75, 3.05) is 31.3 Å². The Balaban J connectivity index is 1.70. The summed E-state index contributed by atoms with van der Waals surface area (Å²) in [6.45, 7) is 1.73. The van der Waals surface area contributed by atoms with Gasteiger partial charge in [-0.15, -0.1) is 10.2 Å². The molecule has 2 heterocycles. The number of anilines is 4. The van der Waals surface area contributed by atoms with E-state index < -0.39 is 23.2 Å². The number of aromatic nitrogens is 3. The summed E-state index contributed by atoms with van der Waals surface area (Å²) in [6.07, 6.45) is 0.865. The fraction of sp³-hybridized carbons (Fsp3) is 0.238. The first-order valence-electron chi connectivity index (χ1n) is 9.76. The molecule has 0 radical (unpaired) electrons. The van der Waals surface area contributed by atoms with Gasteiger partial charge in [-0.1, -0.05) is 6.07 Å². The van der Waals surface area contributed by atoms with Gasteiger partial charge in [-0.3, -0.25) is 4.79 Å². The summed E-state index contributed by atoms with van der Waals surface area (Å²) in [5.41, 5.74) is 7.37. The molecule has 32 heavy (non-hydrogen) atoms. The number of halogens is 2. The van der Waals surface area contributed by atoms with Crippen molar-refractivity contribution in [3.05, 3.63) is 58.8 Å². The molecule has 1 aromatic heterocycles. The summed E-state index contributed by atoms with van der Waals surface area (Å²) in [6, 6.07) is 7.23. The monoisotopic (exact) mass is 441 g/mol. The largest absolute Gasteiger partial charge is 0.495 e. The van der Waals surface area contributed by atoms with E-state index in [1.807, 2.05) is 19.2 Å². The first-order chi connectivity index (χ1) is 15.4. The van der Waals surface area contributed by atoms with E-state index in [1.54, 1.807) is 7.11 Å². The highest BCUT2D eigenvalue weighted by Crippen LogP contribution is 2.33. The molecule has 2 aromatic carbocycles. The molecule has 11 heteroatoms. The van der Waals surface area contributed by atoms with Gasteiger partial charge >= 0.3 is 0 Å². The molecule has 1 amide bonds. The lowest BCUT2D eigenvalue weighted by atomic mass is 9.99. The van der Waals surface area contributed by atoms with E-state index in [-0.39, 0.29) is 17.5 Å². The van der Waals surface area contributed by atoms with Gasteiger partial charge in [0.2, 0.25) is 5.95 Å². The van der Waals surface area contributed by atoms with Crippen molar-refractivity contribution in [3.63, 3.8) is 0 Å². The number of nitrogens with one attached hydrogen (secondary N) is 2. The second-order valence-corrected chi connectivity index (χ2v) is 7.35. The molecule has 3 aromatic rings. The van der Waals surface area contributed by atoms with E-state index in [0.717, 1.165) is 42.8 Å². The Morgan fingerprint density at radius 2 is 1.91 bits per heavy atom. The number of nitrogens with zero attached hydrogens (tertiary/aromatic N) is 4. The summed E-state index contributed by atoms with van der Waals surface area (Å²) >= 11 is 0. The van der Waals surface area contributed by atoms with Gasteiger partial charge in [-0.2, -0.15) is 4.98 Å². The van der Waals surface area contributed by atoms with Crippen LogP contribution >= 0.6 is 0 Å². The van der Waals surface area contributed by atoms with Crippen LogP contribution in [0, 0.1) is 11.6 Å². The zero-order chi connectivity index (χ0) is 22.8. The predicted molar refractivity (Wildman–Crippen MR) is 114 cm³/mol. The Hall–Kier alpha value is -3.86. The SMILES string of the molecule is COc1cc2c(cc1Nc1nnc(C(N)=O)c(Nc3c(F)cccc3F)n1)CCN(C)C2. The summed E-state index contributed by atoms with van der Waals surface area (Å²) in [4.78, 5) is 18.1. The lowest BCUT2D eigenvalue weighted by Crippen LogP contribution is -2.26. The van der Waals surface area contributed by atoms with Crippen LogP contribution in [0.4, 0.5) is 31.9 Å². The van der Waals surface area contributed by atoms with Crippen molar-refractivity contribution >= 4 is 29.0 Å². The molecule has 0 saturated carbocycles. The van der Waals surface area contributed by atoms with Crippen molar-refractivity contribution in [2.45, 2.75) is 13.0 Å². The van der Waals surface area contributed by atoms with Gasteiger partial charge in [0.05, 0.1) is 12.8 Å². The number of nitrogens with two attached hydrogens (primary N) is 1. The molecule has 0 saturated heterocycles. The normalized spacial score (nSPS) is 13.4. The molecule has 1 aliphatic rings. The van der Waals surface area contributed by atoms with Gasteiger partial charge < -0.3 is 26.0 Å². The van der Waals surface area contributed by atoms with Crippen molar-refractivity contribution in [2.24, 2.45) is 5.73 Å². The first kappa shape index (κ1) is 21.4. The number of carbonyl (C=O) groups excluding carboxylic acids is 1. The molecule has 0 aliphatic carbocycles. The van der Waals surface area contributed by atoms with Crippen LogP contribution in [0.5, 0.6) is 5.75 Å². The number of benzene rings is 2. The molecule has 9 nitrogen and oxygen atoms in total. The van der Waals surface area contributed by atoms with Crippen molar-refractivity contribution in [3.8, 4) is 5.75 Å². The molecule has 0 atom stereocenters. The fourth-order valence-electron chi connectivity index (χ4n) is 3.48. The molecular formula is C21H21F2N7O2. The smallest absolute Gasteiger partial charge is 0.273 e. The van der Waals surface area contributed by atoms with Gasteiger partial charge in [-0.25, -0.2) is 8.78 Å². The Kier molecular flexibility index (Phi) is 5.82. The lowest BCUT2D eigenvalue weighted by Gasteiger charge is -2.26. The highest BCUT2D eigenvalue weighted by atomic mass is 19.1. The number of likely N-dealkylation sites (N-methyl/N-ethyl adjacent to an activating group) is 1. The molecule has 0 spiro atoms. The van der Waals surface area contributed by atoms with Crippen LogP contribution in [0.2, 0.25) is 0 Å². The molecule has 166 valence electrons. The molecule has 0 fully saturated rings. The first-order valence-corrected chi connectivity index (χ1v) is 9.76. The average molecular weight is 441 g/mol. The van der Waals surface area contributed by atoms with E-state index in [1.165, 1.54) is 6.07 Å². The number of hydrogen-bond acceptors (Lipinski definition) is 8. The fourth-order valence-corrected chi connectivity index (χ4v) is 3.48. The zero-order valence-corrected chi connectivity index (χ0v) is 17.4. The topological polar surface area (TPSA) is 118 Å². The van der Waals surface area contributed by atoms with E-state index in [4.69, 9.17) is 10.5 Å². The number of carbonyl (C=O) groups is 1. The van der Waals surface area contributed by atoms with Crippen molar-refractivity contribution in [1.29, 1.82) is 0 Å². The van der Waals surface area contributed by atoms with Crippen LogP contribution in [0.3, 0.4) is 0 Å². The molecule has 0 bridgehead atoms. The van der Waals surface area contributed by atoms with Gasteiger partial charge in [0.25, 0.3) is 5.91 Å². The Labute approximate surface area is 182 Å². The quantitative estimate of drug-likeness (QED) is 0.534. The number of primary amides is 1. The second kappa shape index (κ2) is 8.71. The summed E-state index contributed by atoms with van der Waals surface area (Å²) < 4.78 is 33.7. The van der Waals surface area contributed by atoms with E-state index in [9.17, 15) is 13.6 Å². The van der Waals surface area contributed by atoms with Gasteiger partial charge in [-0.05, 0) is 48.9 Å². The maximum absolute atomic E-state index is 14.1. The third kappa shape index (κ3) is 4.28. The van der Waals surface area contributed by atoms with Crippen LogP contribution in [-0.4, -0.2) is 46.7 Å². The highest BCUT2D eigenvalue weighted by Gasteiger charge is 2.20. The minimum Gasteiger partial charge on any atom is -0.495 e. The minimum atomic E-state index is -0.953. The summed E-state index contributed by atoms with van der Waals surface area (Å²) in [5, 5.41) is 13.1. The Morgan fingerprint density at radius 1 is 1.16 bits per heavy atom. The van der Waals surface area contributed by atoms with Crippen LogP contribution in [-0.2, 0) is 13.0 Å². The lowest BCUT2D eigenvalue weighted by molar-refractivity contribution is 0.0995. The van der Waals surface area contributed by atoms with Crippen molar-refractivity contribution in [1.82, 2.24) is 20.1 Å². The molecule has 4 N–H and O–H groups in total. The number of para-hydroxylation sites is 1. The van der Waals surface area contributed by atoms with E-state index >= 15 is 0 Å². The maximum Gasteiger partial charge on any atom is 0.273 e. The van der Waals surface area contributed by atoms with Gasteiger partial charge in [0.1, 0.15) is 23.1 Å². The third-order valence-electron chi connectivity index (χ3n) is 5.10. The number of rotatable bonds is 6. The van der Waals surface area contributed by atoms with Gasteiger partial charge in [0, 0.05) is 13.1 Å². The average Bonchev–Trinajstić information content (AvgIpc) is 2.76. The highest BCUT2D eigenvalue weighted by molar-refractivity contribution is 5.96. The second-order valence-electron chi connectivity index (χ2n) is 7.35. The summed E-state index contributed by atoms with van der Waals surface area (Å²) in [5.74, 6) is -2.37. The van der Waals surface area contributed by atoms with E-state index in [2.05, 4.69) is 30.7 Å².